The van der Waals surface area contributed by atoms with Crippen LogP contribution in [0.3, 0.4) is 0 Å². The second kappa shape index (κ2) is 7.16. The molecule has 2 unspecified atom stereocenters. The average molecular weight is 267 g/mol. The van der Waals surface area contributed by atoms with Crippen molar-refractivity contribution in [3.05, 3.63) is 0 Å². The highest BCUT2D eigenvalue weighted by Crippen LogP contribution is 2.08. The Balaban J connectivity index is 0.00000256. The van der Waals surface area contributed by atoms with E-state index < -0.39 is 5.54 Å². The third kappa shape index (κ3) is 6.21. The number of amides is 1. The molecule has 0 saturated carbocycles. The Morgan fingerprint density at radius 3 is 2.76 bits per heavy atom. The monoisotopic (exact) mass is 266 g/mol. The molecule has 0 aliphatic carbocycles. The van der Waals surface area contributed by atoms with Crippen LogP contribution in [0, 0.1) is 0 Å². The first-order valence-corrected chi connectivity index (χ1v) is 5.69. The number of nitrogens with two attached hydrogens (primary N) is 1. The van der Waals surface area contributed by atoms with E-state index in [1.165, 1.54) is 0 Å². The smallest absolute Gasteiger partial charge is 0.239 e. The molecule has 1 aliphatic heterocycles. The molecule has 1 amide bonds. The minimum atomic E-state index is -0.843. The molecule has 0 spiro atoms. The minimum Gasteiger partial charge on any atom is -0.379 e. The topological polar surface area (TPSA) is 73.6 Å². The van der Waals surface area contributed by atoms with Crippen LogP contribution in [0.2, 0.25) is 0 Å². The number of carbonyl (C=O) groups is 1. The lowest BCUT2D eigenvalue weighted by Gasteiger charge is -2.22. The van der Waals surface area contributed by atoms with Gasteiger partial charge in [-0.1, -0.05) is 0 Å². The van der Waals surface area contributed by atoms with Crippen molar-refractivity contribution in [2.45, 2.75) is 44.9 Å². The maximum absolute atomic E-state index is 11.6. The Labute approximate surface area is 109 Å². The van der Waals surface area contributed by atoms with Crippen molar-refractivity contribution in [3.63, 3.8) is 0 Å². The number of ether oxygens (including phenoxy) is 2. The average Bonchev–Trinajstić information content (AvgIpc) is 2.65. The second-order valence-electron chi connectivity index (χ2n) is 4.92. The van der Waals surface area contributed by atoms with Gasteiger partial charge < -0.3 is 20.5 Å². The molecule has 1 fully saturated rings. The van der Waals surface area contributed by atoms with Crippen LogP contribution in [-0.4, -0.2) is 43.4 Å². The summed E-state index contributed by atoms with van der Waals surface area (Å²) >= 11 is 0. The quantitative estimate of drug-likeness (QED) is 0.758. The first-order chi connectivity index (χ1) is 7.39. The van der Waals surface area contributed by atoms with Crippen molar-refractivity contribution >= 4 is 18.3 Å². The van der Waals surface area contributed by atoms with Gasteiger partial charge in [-0.25, -0.2) is 0 Å². The lowest BCUT2D eigenvalue weighted by molar-refractivity contribution is -0.126. The van der Waals surface area contributed by atoms with Crippen LogP contribution < -0.4 is 11.1 Å². The zero-order valence-electron chi connectivity index (χ0n) is 10.7. The summed E-state index contributed by atoms with van der Waals surface area (Å²) in [6.45, 7) is 7.18. The molecule has 2 atom stereocenters. The van der Waals surface area contributed by atoms with Crippen molar-refractivity contribution < 1.29 is 14.3 Å². The van der Waals surface area contributed by atoms with Gasteiger partial charge in [-0.3, -0.25) is 4.79 Å². The van der Waals surface area contributed by atoms with Crippen LogP contribution in [0.1, 0.15) is 27.2 Å². The molecule has 0 aromatic rings. The molecule has 3 N–H and O–H groups in total. The molecule has 0 bridgehead atoms. The maximum Gasteiger partial charge on any atom is 0.239 e. The molecular weight excluding hydrogens is 244 g/mol. The van der Waals surface area contributed by atoms with Crippen molar-refractivity contribution in [2.24, 2.45) is 5.73 Å². The van der Waals surface area contributed by atoms with Gasteiger partial charge in [0.2, 0.25) is 5.91 Å². The summed E-state index contributed by atoms with van der Waals surface area (Å²) < 4.78 is 10.8. The third-order valence-corrected chi connectivity index (χ3v) is 2.43. The van der Waals surface area contributed by atoms with Crippen LogP contribution in [0.25, 0.3) is 0 Å². The van der Waals surface area contributed by atoms with E-state index in [1.54, 1.807) is 13.8 Å². The van der Waals surface area contributed by atoms with Crippen LogP contribution in [0.15, 0.2) is 0 Å². The highest BCUT2D eigenvalue weighted by Gasteiger charge is 2.24. The Morgan fingerprint density at radius 1 is 1.65 bits per heavy atom. The molecule has 1 rings (SSSR count). The Hall–Kier alpha value is -0.360. The van der Waals surface area contributed by atoms with E-state index in [0.29, 0.717) is 13.2 Å². The molecule has 0 aromatic heterocycles. The van der Waals surface area contributed by atoms with E-state index in [2.05, 4.69) is 5.32 Å². The molecule has 0 radical (unpaired) electrons. The van der Waals surface area contributed by atoms with Gasteiger partial charge in [-0.2, -0.15) is 0 Å². The van der Waals surface area contributed by atoms with E-state index in [4.69, 9.17) is 15.2 Å². The number of rotatable bonds is 5. The maximum atomic E-state index is 11.6. The predicted octanol–water partition coefficient (Wildman–Crippen LogP) is 0.456. The highest BCUT2D eigenvalue weighted by atomic mass is 35.5. The van der Waals surface area contributed by atoms with Gasteiger partial charge in [0.15, 0.2) is 0 Å². The van der Waals surface area contributed by atoms with Crippen LogP contribution in [0.4, 0.5) is 0 Å². The van der Waals surface area contributed by atoms with Crippen molar-refractivity contribution in [2.75, 3.05) is 19.8 Å². The summed E-state index contributed by atoms with van der Waals surface area (Å²) in [5.41, 5.74) is 4.83. The summed E-state index contributed by atoms with van der Waals surface area (Å²) in [5, 5.41) is 2.81. The number of carbonyl (C=O) groups excluding carboxylic acids is 1. The molecule has 1 heterocycles. The fraction of sp³-hybridized carbons (Fsp3) is 0.909. The fourth-order valence-electron chi connectivity index (χ4n) is 1.38. The normalized spacial score (nSPS) is 21.8. The first-order valence-electron chi connectivity index (χ1n) is 5.69. The number of halogens is 1. The van der Waals surface area contributed by atoms with E-state index in [9.17, 15) is 4.79 Å². The molecule has 102 valence electrons. The summed E-state index contributed by atoms with van der Waals surface area (Å²) in [6, 6.07) is -0.0316. The van der Waals surface area contributed by atoms with E-state index >= 15 is 0 Å². The molecular formula is C11H23ClN2O3. The third-order valence-electron chi connectivity index (χ3n) is 2.43. The lowest BCUT2D eigenvalue weighted by Crippen LogP contribution is -2.52. The van der Waals surface area contributed by atoms with Crippen molar-refractivity contribution in [3.8, 4) is 0 Å². The van der Waals surface area contributed by atoms with Gasteiger partial charge in [-0.05, 0) is 27.2 Å². The number of hydrogen-bond acceptors (Lipinski definition) is 4. The minimum absolute atomic E-state index is 0. The van der Waals surface area contributed by atoms with Gasteiger partial charge >= 0.3 is 0 Å². The first kappa shape index (κ1) is 16.6. The molecule has 1 saturated heterocycles. The zero-order chi connectivity index (χ0) is 12.2. The van der Waals surface area contributed by atoms with Crippen LogP contribution in [0.5, 0.6) is 0 Å². The van der Waals surface area contributed by atoms with Gasteiger partial charge in [0.25, 0.3) is 0 Å². The molecule has 17 heavy (non-hydrogen) atoms. The standard InChI is InChI=1S/C11H22N2O3.ClH/c1-8(13-10(14)11(2,3)12)6-16-9-4-5-15-7-9;/h8-9H,4-7,12H2,1-3H3,(H,13,14);1H. The second-order valence-corrected chi connectivity index (χ2v) is 4.92. The summed E-state index contributed by atoms with van der Waals surface area (Å²) in [6.07, 6.45) is 1.11. The Morgan fingerprint density at radius 2 is 2.29 bits per heavy atom. The zero-order valence-corrected chi connectivity index (χ0v) is 11.5. The fourth-order valence-corrected chi connectivity index (χ4v) is 1.38. The highest BCUT2D eigenvalue weighted by molar-refractivity contribution is 5.85. The van der Waals surface area contributed by atoms with Crippen LogP contribution in [-0.2, 0) is 14.3 Å². The largest absolute Gasteiger partial charge is 0.379 e. The van der Waals surface area contributed by atoms with Crippen molar-refractivity contribution in [1.82, 2.24) is 5.32 Å². The summed E-state index contributed by atoms with van der Waals surface area (Å²) in [7, 11) is 0. The number of hydrogen-bond donors (Lipinski definition) is 2. The van der Waals surface area contributed by atoms with Gasteiger partial charge in [0.05, 0.1) is 24.9 Å². The lowest BCUT2D eigenvalue weighted by atomic mass is 10.1. The molecule has 6 heteroatoms. The molecule has 0 aromatic carbocycles. The van der Waals surface area contributed by atoms with Crippen LogP contribution >= 0.6 is 12.4 Å². The Bertz CT molecular complexity index is 237. The van der Waals surface area contributed by atoms with Crippen molar-refractivity contribution in [1.29, 1.82) is 0 Å². The molecule has 1 aliphatic rings. The summed E-state index contributed by atoms with van der Waals surface area (Å²) in [4.78, 5) is 11.6. The van der Waals surface area contributed by atoms with Gasteiger partial charge in [0.1, 0.15) is 0 Å². The summed E-state index contributed by atoms with van der Waals surface area (Å²) in [5.74, 6) is -0.161. The van der Waals surface area contributed by atoms with E-state index in [0.717, 1.165) is 13.0 Å². The van der Waals surface area contributed by atoms with E-state index in [1.807, 2.05) is 6.92 Å². The Kier molecular flexibility index (Phi) is 7.01. The van der Waals surface area contributed by atoms with Gasteiger partial charge in [-0.15, -0.1) is 12.4 Å². The molecule has 5 nitrogen and oxygen atoms in total. The van der Waals surface area contributed by atoms with E-state index in [-0.39, 0.29) is 30.5 Å². The number of nitrogens with one attached hydrogen (secondary N) is 1. The van der Waals surface area contributed by atoms with Gasteiger partial charge in [0, 0.05) is 12.6 Å². The SMILES string of the molecule is CC(COC1CCOC1)NC(=O)C(C)(C)N.Cl. The predicted molar refractivity (Wildman–Crippen MR) is 68.3 cm³/mol.